The zero-order valence-corrected chi connectivity index (χ0v) is 15.0. The molecule has 0 bridgehead atoms. The van der Waals surface area contributed by atoms with E-state index in [1.54, 1.807) is 31.4 Å². The molecule has 1 aliphatic rings. The van der Waals surface area contributed by atoms with Crippen LogP contribution in [0.3, 0.4) is 0 Å². The maximum absolute atomic E-state index is 14.0. The number of piperazine rings is 1. The Morgan fingerprint density at radius 2 is 1.93 bits per heavy atom. The Kier molecular flexibility index (Phi) is 4.49. The van der Waals surface area contributed by atoms with Crippen LogP contribution in [0.25, 0.3) is 10.9 Å². The second-order valence-electron chi connectivity index (χ2n) is 6.76. The summed E-state index contributed by atoms with van der Waals surface area (Å²) in [4.78, 5) is 31.4. The van der Waals surface area contributed by atoms with Gasteiger partial charge in [0.05, 0.1) is 17.4 Å². The van der Waals surface area contributed by atoms with Crippen LogP contribution < -0.4 is 15.9 Å². The molecule has 0 saturated carbocycles. The normalized spacial score (nSPS) is 15.4. The lowest BCUT2D eigenvalue weighted by Crippen LogP contribution is -2.46. The molecule has 3 aromatic rings. The van der Waals surface area contributed by atoms with Crippen LogP contribution in [0.4, 0.5) is 10.1 Å². The summed E-state index contributed by atoms with van der Waals surface area (Å²) in [5.74, 6) is -0.422. The zero-order valence-electron chi connectivity index (χ0n) is 15.0. The number of benzene rings is 1. The number of aromatic amines is 1. The standard InChI is InChI=1S/C19H20FN5O2/c1-23-18(27)10-14(11-21-23)25-7-5-24(6-8-25)12-13-9-17(26)15-3-2-4-16(20)19(15)22-13/h2-4,9-11H,5-8,12H2,1H3,(H,22,26). The molecule has 0 amide bonds. The minimum absolute atomic E-state index is 0.134. The summed E-state index contributed by atoms with van der Waals surface area (Å²) in [5, 5.41) is 4.42. The van der Waals surface area contributed by atoms with Crippen molar-refractivity contribution in [1.82, 2.24) is 19.7 Å². The first kappa shape index (κ1) is 17.4. The van der Waals surface area contributed by atoms with Crippen LogP contribution in [0.2, 0.25) is 0 Å². The van der Waals surface area contributed by atoms with E-state index < -0.39 is 5.82 Å². The van der Waals surface area contributed by atoms with Crippen molar-refractivity contribution < 1.29 is 4.39 Å². The fraction of sp³-hybridized carbons (Fsp3) is 0.316. The van der Waals surface area contributed by atoms with Gasteiger partial charge in [-0.15, -0.1) is 0 Å². The predicted octanol–water partition coefficient (Wildman–Crippen LogP) is 1.08. The Hall–Kier alpha value is -3.00. The van der Waals surface area contributed by atoms with Crippen molar-refractivity contribution in [3.05, 3.63) is 68.6 Å². The fourth-order valence-electron chi connectivity index (χ4n) is 3.41. The molecule has 1 saturated heterocycles. The van der Waals surface area contributed by atoms with Gasteiger partial charge in [0.1, 0.15) is 5.82 Å². The van der Waals surface area contributed by atoms with Gasteiger partial charge in [-0.1, -0.05) is 6.07 Å². The number of nitrogens with one attached hydrogen (secondary N) is 1. The van der Waals surface area contributed by atoms with Crippen LogP contribution in [-0.4, -0.2) is 45.8 Å². The number of rotatable bonds is 3. The lowest BCUT2D eigenvalue weighted by atomic mass is 10.1. The number of para-hydroxylation sites is 1. The van der Waals surface area contributed by atoms with Crippen LogP contribution >= 0.6 is 0 Å². The second kappa shape index (κ2) is 6.96. The highest BCUT2D eigenvalue weighted by Gasteiger charge is 2.19. The van der Waals surface area contributed by atoms with E-state index in [0.29, 0.717) is 17.6 Å². The number of aryl methyl sites for hydroxylation is 1. The van der Waals surface area contributed by atoms with E-state index in [2.05, 4.69) is 19.9 Å². The Labute approximate surface area is 154 Å². The second-order valence-corrected chi connectivity index (χ2v) is 6.76. The van der Waals surface area contributed by atoms with Crippen molar-refractivity contribution in [1.29, 1.82) is 0 Å². The number of hydrogen-bond acceptors (Lipinski definition) is 5. The van der Waals surface area contributed by atoms with Gasteiger partial charge in [-0.3, -0.25) is 14.5 Å². The van der Waals surface area contributed by atoms with E-state index in [-0.39, 0.29) is 16.5 Å². The summed E-state index contributed by atoms with van der Waals surface area (Å²) in [7, 11) is 1.62. The number of anilines is 1. The number of H-pyrrole nitrogens is 1. The quantitative estimate of drug-likeness (QED) is 0.748. The molecule has 1 fully saturated rings. The minimum atomic E-state index is -0.422. The van der Waals surface area contributed by atoms with Crippen molar-refractivity contribution in [2.45, 2.75) is 6.54 Å². The molecule has 1 aliphatic heterocycles. The number of aromatic nitrogens is 3. The third-order valence-electron chi connectivity index (χ3n) is 4.95. The average Bonchev–Trinajstić information content (AvgIpc) is 2.66. The Balaban J connectivity index is 1.47. The molecule has 4 rings (SSSR count). The van der Waals surface area contributed by atoms with Gasteiger partial charge >= 0.3 is 0 Å². The average molecular weight is 369 g/mol. The summed E-state index contributed by atoms with van der Waals surface area (Å²) in [6, 6.07) is 7.64. The number of pyridine rings is 1. The van der Waals surface area contributed by atoms with E-state index in [9.17, 15) is 14.0 Å². The third-order valence-corrected chi connectivity index (χ3v) is 4.95. The molecule has 0 atom stereocenters. The van der Waals surface area contributed by atoms with Crippen molar-refractivity contribution in [3.8, 4) is 0 Å². The highest BCUT2D eigenvalue weighted by Crippen LogP contribution is 2.16. The van der Waals surface area contributed by atoms with Gasteiger partial charge in [-0.2, -0.15) is 5.10 Å². The lowest BCUT2D eigenvalue weighted by Gasteiger charge is -2.35. The summed E-state index contributed by atoms with van der Waals surface area (Å²) >= 11 is 0. The molecular formula is C19H20FN5O2. The zero-order chi connectivity index (χ0) is 19.0. The van der Waals surface area contributed by atoms with Crippen LogP contribution in [-0.2, 0) is 13.6 Å². The van der Waals surface area contributed by atoms with Gasteiger partial charge in [0.25, 0.3) is 5.56 Å². The maximum Gasteiger partial charge on any atom is 0.268 e. The highest BCUT2D eigenvalue weighted by atomic mass is 19.1. The monoisotopic (exact) mass is 369 g/mol. The molecular weight excluding hydrogens is 349 g/mol. The van der Waals surface area contributed by atoms with Gasteiger partial charge in [-0.05, 0) is 12.1 Å². The molecule has 27 heavy (non-hydrogen) atoms. The molecule has 2 aromatic heterocycles. The first-order valence-corrected chi connectivity index (χ1v) is 8.82. The molecule has 1 aromatic carbocycles. The van der Waals surface area contributed by atoms with Crippen LogP contribution in [0.1, 0.15) is 5.69 Å². The van der Waals surface area contributed by atoms with Gasteiger partial charge in [0.15, 0.2) is 5.43 Å². The largest absolute Gasteiger partial charge is 0.368 e. The molecule has 7 nitrogen and oxygen atoms in total. The molecule has 0 aliphatic carbocycles. The van der Waals surface area contributed by atoms with E-state index >= 15 is 0 Å². The van der Waals surface area contributed by atoms with Gasteiger partial charge in [-0.25, -0.2) is 9.07 Å². The van der Waals surface area contributed by atoms with Crippen molar-refractivity contribution >= 4 is 16.6 Å². The molecule has 0 unspecified atom stereocenters. The molecule has 140 valence electrons. The van der Waals surface area contributed by atoms with Gasteiger partial charge in [0.2, 0.25) is 0 Å². The SMILES string of the molecule is Cn1ncc(N2CCN(Cc3cc(=O)c4cccc(F)c4[nH]3)CC2)cc1=O. The summed E-state index contributed by atoms with van der Waals surface area (Å²) in [6.45, 7) is 3.59. The molecule has 8 heteroatoms. The predicted molar refractivity (Wildman–Crippen MR) is 101 cm³/mol. The number of nitrogens with zero attached hydrogens (tertiary/aromatic N) is 4. The van der Waals surface area contributed by atoms with E-state index in [1.165, 1.54) is 16.8 Å². The Morgan fingerprint density at radius 3 is 2.67 bits per heavy atom. The smallest absolute Gasteiger partial charge is 0.268 e. The van der Waals surface area contributed by atoms with E-state index in [1.807, 2.05) is 0 Å². The fourth-order valence-corrected chi connectivity index (χ4v) is 3.41. The highest BCUT2D eigenvalue weighted by molar-refractivity contribution is 5.78. The summed E-state index contributed by atoms with van der Waals surface area (Å²) < 4.78 is 15.3. The Morgan fingerprint density at radius 1 is 1.15 bits per heavy atom. The first-order valence-electron chi connectivity index (χ1n) is 8.82. The molecule has 1 N–H and O–H groups in total. The van der Waals surface area contributed by atoms with Crippen LogP contribution in [0, 0.1) is 5.82 Å². The van der Waals surface area contributed by atoms with Crippen molar-refractivity contribution in [2.24, 2.45) is 7.05 Å². The molecule has 0 radical (unpaired) electrons. The lowest BCUT2D eigenvalue weighted by molar-refractivity contribution is 0.247. The van der Waals surface area contributed by atoms with Crippen LogP contribution in [0.5, 0.6) is 0 Å². The van der Waals surface area contributed by atoms with Gasteiger partial charge in [0, 0.05) is 63.0 Å². The topological polar surface area (TPSA) is 74.2 Å². The molecule has 0 spiro atoms. The summed E-state index contributed by atoms with van der Waals surface area (Å²) in [5.41, 5.74) is 1.46. The minimum Gasteiger partial charge on any atom is -0.368 e. The van der Waals surface area contributed by atoms with Crippen LogP contribution in [0.15, 0.2) is 46.1 Å². The van der Waals surface area contributed by atoms with Crippen molar-refractivity contribution in [3.63, 3.8) is 0 Å². The Bertz CT molecular complexity index is 1100. The third kappa shape index (κ3) is 3.48. The van der Waals surface area contributed by atoms with E-state index in [0.717, 1.165) is 31.9 Å². The van der Waals surface area contributed by atoms with E-state index in [4.69, 9.17) is 0 Å². The number of halogens is 1. The van der Waals surface area contributed by atoms with Crippen molar-refractivity contribution in [2.75, 3.05) is 31.1 Å². The first-order chi connectivity index (χ1) is 13.0. The molecule has 3 heterocycles. The summed E-state index contributed by atoms with van der Waals surface area (Å²) in [6.07, 6.45) is 1.70. The van der Waals surface area contributed by atoms with Gasteiger partial charge < -0.3 is 9.88 Å². The number of hydrogen-bond donors (Lipinski definition) is 1. The number of fused-ring (bicyclic) bond motifs is 1. The maximum atomic E-state index is 14.0.